The van der Waals surface area contributed by atoms with E-state index in [1.165, 1.54) is 11.1 Å². The molecule has 0 bridgehead atoms. The van der Waals surface area contributed by atoms with Crippen molar-refractivity contribution in [3.05, 3.63) is 108 Å². The van der Waals surface area contributed by atoms with E-state index in [0.717, 1.165) is 48.5 Å². The molecule has 0 saturated heterocycles. The second kappa shape index (κ2) is 11.8. The van der Waals surface area contributed by atoms with Gasteiger partial charge < -0.3 is 16.8 Å². The number of hydrogen-bond donors (Lipinski definition) is 4. The minimum atomic E-state index is 0.0924. The summed E-state index contributed by atoms with van der Waals surface area (Å²) in [5.41, 5.74) is 18.8. The highest BCUT2D eigenvalue weighted by molar-refractivity contribution is 6.12. The van der Waals surface area contributed by atoms with Crippen LogP contribution in [0.4, 0.5) is 5.69 Å². The van der Waals surface area contributed by atoms with Crippen LogP contribution in [-0.4, -0.2) is 24.8 Å². The number of anilines is 1. The summed E-state index contributed by atoms with van der Waals surface area (Å²) in [5.74, 6) is 0. The van der Waals surface area contributed by atoms with Crippen molar-refractivity contribution in [3.63, 3.8) is 0 Å². The van der Waals surface area contributed by atoms with Crippen LogP contribution in [0.3, 0.4) is 0 Å². The van der Waals surface area contributed by atoms with Gasteiger partial charge in [0.2, 0.25) is 5.71 Å². The summed E-state index contributed by atoms with van der Waals surface area (Å²) in [6, 6.07) is 16.7. The van der Waals surface area contributed by atoms with Gasteiger partial charge in [-0.3, -0.25) is 0 Å². The van der Waals surface area contributed by atoms with Crippen LogP contribution in [0.25, 0.3) is 5.57 Å². The van der Waals surface area contributed by atoms with Gasteiger partial charge in [0, 0.05) is 17.3 Å². The van der Waals surface area contributed by atoms with E-state index in [-0.39, 0.29) is 6.04 Å². The van der Waals surface area contributed by atoms with E-state index in [4.69, 9.17) is 11.5 Å². The summed E-state index contributed by atoms with van der Waals surface area (Å²) in [4.78, 5) is 3.70. The molecule has 160 valence electrons. The van der Waals surface area contributed by atoms with Crippen molar-refractivity contribution >= 4 is 17.0 Å². The Balaban J connectivity index is 1.88. The average molecular weight is 415 g/mol. The minimum absolute atomic E-state index is 0.0924. The van der Waals surface area contributed by atoms with Crippen LogP contribution in [0.2, 0.25) is 0 Å². The molecule has 0 fully saturated rings. The maximum absolute atomic E-state index is 6.21. The highest BCUT2D eigenvalue weighted by atomic mass is 14.8. The van der Waals surface area contributed by atoms with Crippen molar-refractivity contribution in [2.24, 2.45) is 5.73 Å². The Hall–Kier alpha value is -3.21. The maximum Gasteiger partial charge on any atom is 0.213 e. The van der Waals surface area contributed by atoms with Gasteiger partial charge in [0.05, 0.1) is 24.7 Å². The first-order valence-corrected chi connectivity index (χ1v) is 11.0. The Morgan fingerprint density at radius 2 is 2.00 bits per heavy atom. The lowest BCUT2D eigenvalue weighted by Crippen LogP contribution is -2.80. The number of allylic oxidation sites excluding steroid dienone is 5. The van der Waals surface area contributed by atoms with Gasteiger partial charge in [0.1, 0.15) is 6.54 Å². The molecule has 1 aliphatic rings. The summed E-state index contributed by atoms with van der Waals surface area (Å²) in [6.45, 7) is 3.93. The van der Waals surface area contributed by atoms with Crippen molar-refractivity contribution in [2.45, 2.75) is 25.8 Å². The van der Waals surface area contributed by atoms with Gasteiger partial charge in [-0.2, -0.15) is 0 Å². The first kappa shape index (κ1) is 22.5. The molecule has 0 aliphatic heterocycles. The standard InChI is InChI=1S/C27H32N4/c1-2-3-7-17-30-18-8-19-31-27(22-9-5-4-6-10-22)26-20-24(29)15-16-25(26)21-11-13-23(28)14-12-21/h2-7,9-13,15-17,20,23,30H,8,14,18-19,28-29H2,1H3/p+2. The number of nitrogen functional groups attached to an aromatic ring is 1. The molecule has 1 atom stereocenters. The molecule has 7 N–H and O–H groups in total. The van der Waals surface area contributed by atoms with E-state index >= 15 is 0 Å². The summed E-state index contributed by atoms with van der Waals surface area (Å²) in [7, 11) is 0. The van der Waals surface area contributed by atoms with E-state index in [2.05, 4.69) is 77.2 Å². The Kier molecular flexibility index (Phi) is 8.59. The van der Waals surface area contributed by atoms with Crippen LogP contribution in [0, 0.1) is 0 Å². The Morgan fingerprint density at radius 1 is 1.16 bits per heavy atom. The molecule has 1 unspecified atom stereocenters. The molecule has 3 rings (SSSR count). The average Bonchev–Trinajstić information content (AvgIpc) is 2.79. The third-order valence-corrected chi connectivity index (χ3v) is 5.22. The van der Waals surface area contributed by atoms with Crippen LogP contribution in [0.1, 0.15) is 36.5 Å². The van der Waals surface area contributed by atoms with Gasteiger partial charge >= 0.3 is 0 Å². The molecular weight excluding hydrogens is 380 g/mol. The SMILES string of the molecule is CC=CC=C[NH2+]CCC[NH+]=C(c1ccccc1)c1cc(N)ccc1C1=CCC(N)C=C1. The van der Waals surface area contributed by atoms with Gasteiger partial charge in [-0.15, -0.1) is 0 Å². The summed E-state index contributed by atoms with van der Waals surface area (Å²) in [5, 5.41) is 2.21. The molecule has 4 heteroatoms. The fourth-order valence-corrected chi connectivity index (χ4v) is 3.60. The van der Waals surface area contributed by atoms with Crippen LogP contribution in [0.5, 0.6) is 0 Å². The normalized spacial score (nSPS) is 16.9. The van der Waals surface area contributed by atoms with Crippen LogP contribution in [-0.2, 0) is 0 Å². The minimum Gasteiger partial charge on any atom is -0.399 e. The topological polar surface area (TPSA) is 82.6 Å². The third kappa shape index (κ3) is 6.64. The fourth-order valence-electron chi connectivity index (χ4n) is 3.60. The molecule has 4 nitrogen and oxygen atoms in total. The molecule has 0 radical (unpaired) electrons. The van der Waals surface area contributed by atoms with E-state index < -0.39 is 0 Å². The molecule has 1 aliphatic carbocycles. The second-order valence-electron chi connectivity index (χ2n) is 7.68. The van der Waals surface area contributed by atoms with E-state index in [1.807, 2.05) is 31.2 Å². The molecule has 0 saturated carbocycles. The molecule has 2 aromatic carbocycles. The maximum atomic E-state index is 6.21. The lowest BCUT2D eigenvalue weighted by atomic mass is 9.89. The van der Waals surface area contributed by atoms with Crippen LogP contribution in [0.15, 0.2) is 91.2 Å². The Labute approximate surface area is 185 Å². The Morgan fingerprint density at radius 3 is 2.74 bits per heavy atom. The zero-order chi connectivity index (χ0) is 21.9. The van der Waals surface area contributed by atoms with Gasteiger partial charge in [-0.05, 0) is 54.8 Å². The van der Waals surface area contributed by atoms with Gasteiger partial charge in [0.15, 0.2) is 0 Å². The van der Waals surface area contributed by atoms with Crippen molar-refractivity contribution in [1.29, 1.82) is 0 Å². The molecular formula is C27H34N4+2. The van der Waals surface area contributed by atoms with Crippen molar-refractivity contribution in [1.82, 2.24) is 0 Å². The molecule has 0 amide bonds. The van der Waals surface area contributed by atoms with Crippen LogP contribution >= 0.6 is 0 Å². The lowest BCUT2D eigenvalue weighted by molar-refractivity contribution is -0.593. The summed E-state index contributed by atoms with van der Waals surface area (Å²) >= 11 is 0. The second-order valence-corrected chi connectivity index (χ2v) is 7.68. The highest BCUT2D eigenvalue weighted by Gasteiger charge is 2.20. The number of nitrogens with two attached hydrogens (primary N) is 3. The summed E-state index contributed by atoms with van der Waals surface area (Å²) in [6.07, 6.45) is 16.5. The first-order chi connectivity index (χ1) is 15.2. The highest BCUT2D eigenvalue weighted by Crippen LogP contribution is 2.27. The van der Waals surface area contributed by atoms with Crippen molar-refractivity contribution in [3.8, 4) is 0 Å². The molecule has 0 spiro atoms. The lowest BCUT2D eigenvalue weighted by Gasteiger charge is -2.15. The predicted octanol–water partition coefficient (Wildman–Crippen LogP) is 1.90. The smallest absolute Gasteiger partial charge is 0.213 e. The fraction of sp³-hybridized carbons (Fsp3) is 0.222. The predicted molar refractivity (Wildman–Crippen MR) is 131 cm³/mol. The van der Waals surface area contributed by atoms with Crippen molar-refractivity contribution < 1.29 is 10.3 Å². The van der Waals surface area contributed by atoms with Gasteiger partial charge in [-0.25, -0.2) is 4.99 Å². The number of benzene rings is 2. The Bertz CT molecular complexity index is 997. The van der Waals surface area contributed by atoms with E-state index in [9.17, 15) is 0 Å². The molecule has 0 heterocycles. The zero-order valence-corrected chi connectivity index (χ0v) is 18.3. The largest absolute Gasteiger partial charge is 0.399 e. The molecule has 2 aromatic rings. The number of quaternary nitrogens is 1. The molecule has 0 aromatic heterocycles. The zero-order valence-electron chi connectivity index (χ0n) is 18.3. The summed E-state index contributed by atoms with van der Waals surface area (Å²) < 4.78 is 0. The third-order valence-electron chi connectivity index (χ3n) is 5.22. The molecule has 31 heavy (non-hydrogen) atoms. The monoisotopic (exact) mass is 414 g/mol. The number of hydrogen-bond acceptors (Lipinski definition) is 2. The first-order valence-electron chi connectivity index (χ1n) is 11.0. The number of nitrogens with one attached hydrogen (secondary N) is 1. The van der Waals surface area contributed by atoms with E-state index in [0.29, 0.717) is 0 Å². The van der Waals surface area contributed by atoms with Crippen molar-refractivity contribution in [2.75, 3.05) is 18.8 Å². The van der Waals surface area contributed by atoms with Gasteiger partial charge in [0.25, 0.3) is 0 Å². The van der Waals surface area contributed by atoms with Crippen LogP contribution < -0.4 is 21.8 Å². The quantitative estimate of drug-likeness (QED) is 0.219. The van der Waals surface area contributed by atoms with E-state index in [1.54, 1.807) is 0 Å². The van der Waals surface area contributed by atoms with Gasteiger partial charge in [-0.1, -0.05) is 54.6 Å². The number of rotatable bonds is 9.